The van der Waals surface area contributed by atoms with Gasteiger partial charge in [-0.25, -0.2) is 0 Å². The van der Waals surface area contributed by atoms with Crippen molar-refractivity contribution in [1.82, 2.24) is 0 Å². The maximum atomic E-state index is 10.2. The molecule has 0 aliphatic rings. The van der Waals surface area contributed by atoms with Gasteiger partial charge in [-0.1, -0.05) is 12.0 Å². The van der Waals surface area contributed by atoms with Gasteiger partial charge in [0.25, 0.3) is 0 Å². The van der Waals surface area contributed by atoms with Crippen molar-refractivity contribution in [1.29, 1.82) is 0 Å². The molecular weight excluding hydrogens is 128 g/mol. The summed E-state index contributed by atoms with van der Waals surface area (Å²) in [7, 11) is 0. The molecule has 54 valence electrons. The van der Waals surface area contributed by atoms with Crippen molar-refractivity contribution in [2.45, 2.75) is 13.3 Å². The number of terminal acetylenes is 1. The lowest BCUT2D eigenvalue weighted by atomic mass is 9.88. The van der Waals surface area contributed by atoms with Crippen LogP contribution in [0.3, 0.4) is 0 Å². The molecule has 2 heteroatoms. The summed E-state index contributed by atoms with van der Waals surface area (Å²) in [5, 5.41) is 8.37. The Balaban J connectivity index is 4.24. The molecule has 1 N–H and O–H groups in total. The highest BCUT2D eigenvalue weighted by molar-refractivity contribution is 5.68. The summed E-state index contributed by atoms with van der Waals surface area (Å²) in [5.74, 6) is 1.46. The van der Waals surface area contributed by atoms with E-state index in [9.17, 15) is 4.79 Å². The summed E-state index contributed by atoms with van der Waals surface area (Å²) in [6, 6.07) is 0. The van der Waals surface area contributed by atoms with Gasteiger partial charge >= 0.3 is 5.97 Å². The van der Waals surface area contributed by atoms with Gasteiger partial charge in [0.2, 0.25) is 0 Å². The van der Waals surface area contributed by atoms with E-state index >= 15 is 0 Å². The van der Waals surface area contributed by atoms with Gasteiger partial charge < -0.3 is 5.11 Å². The zero-order valence-corrected chi connectivity index (χ0v) is 5.92. The van der Waals surface area contributed by atoms with E-state index in [4.69, 9.17) is 11.5 Å². The Morgan fingerprint density at radius 3 is 2.60 bits per heavy atom. The van der Waals surface area contributed by atoms with Crippen molar-refractivity contribution >= 4 is 5.97 Å². The van der Waals surface area contributed by atoms with Gasteiger partial charge in [-0.05, 0) is 6.92 Å². The molecule has 1 unspecified atom stereocenters. The fourth-order valence-electron chi connectivity index (χ4n) is 0.496. The summed E-state index contributed by atoms with van der Waals surface area (Å²) in [5.41, 5.74) is -0.703. The second-order valence-corrected chi connectivity index (χ2v) is 2.34. The van der Waals surface area contributed by atoms with Crippen molar-refractivity contribution in [2.75, 3.05) is 0 Å². The van der Waals surface area contributed by atoms with Gasteiger partial charge in [0.15, 0.2) is 0 Å². The molecule has 1 atom stereocenters. The van der Waals surface area contributed by atoms with Crippen LogP contribution in [-0.4, -0.2) is 11.1 Å². The van der Waals surface area contributed by atoms with Crippen LogP contribution in [0.25, 0.3) is 0 Å². The van der Waals surface area contributed by atoms with E-state index in [0.29, 0.717) is 0 Å². The first kappa shape index (κ1) is 8.77. The van der Waals surface area contributed by atoms with Crippen LogP contribution in [0.1, 0.15) is 13.3 Å². The highest BCUT2D eigenvalue weighted by Gasteiger charge is 2.20. The van der Waals surface area contributed by atoms with Crippen LogP contribution < -0.4 is 0 Å². The summed E-state index contributed by atoms with van der Waals surface area (Å²) < 4.78 is 0. The standard InChI is InChI=1S/C8H10O2/c1-4-8(3,5-2)6-7(9)10/h1,5H,2,6H2,3H3,(H,9,10). The van der Waals surface area contributed by atoms with Crippen LogP contribution in [0, 0.1) is 17.8 Å². The number of carbonyl (C=O) groups is 1. The summed E-state index contributed by atoms with van der Waals surface area (Å²) >= 11 is 0. The molecule has 0 radical (unpaired) electrons. The van der Waals surface area contributed by atoms with Crippen molar-refractivity contribution in [2.24, 2.45) is 5.41 Å². The van der Waals surface area contributed by atoms with E-state index in [0.717, 1.165) is 0 Å². The summed E-state index contributed by atoms with van der Waals surface area (Å²) in [4.78, 5) is 10.2. The van der Waals surface area contributed by atoms with Gasteiger partial charge in [-0.2, -0.15) is 0 Å². The van der Waals surface area contributed by atoms with E-state index in [1.165, 1.54) is 6.08 Å². The van der Waals surface area contributed by atoms with Crippen LogP contribution in [0.2, 0.25) is 0 Å². The zero-order valence-electron chi connectivity index (χ0n) is 5.92. The normalized spacial score (nSPS) is 14.8. The van der Waals surface area contributed by atoms with Gasteiger partial charge in [0.1, 0.15) is 0 Å². The molecule has 0 bridgehead atoms. The molecule has 0 rings (SSSR count). The Morgan fingerprint density at radius 1 is 2.00 bits per heavy atom. The Morgan fingerprint density at radius 2 is 2.50 bits per heavy atom. The maximum Gasteiger partial charge on any atom is 0.305 e. The third-order valence-corrected chi connectivity index (χ3v) is 1.30. The second kappa shape index (κ2) is 3.07. The van der Waals surface area contributed by atoms with Gasteiger partial charge in [-0.3, -0.25) is 4.79 Å². The molecule has 2 nitrogen and oxygen atoms in total. The molecule has 0 saturated heterocycles. The number of allylic oxidation sites excluding steroid dienone is 1. The minimum absolute atomic E-state index is 0.0625. The van der Waals surface area contributed by atoms with Gasteiger partial charge in [0.05, 0.1) is 11.8 Å². The first-order valence-corrected chi connectivity index (χ1v) is 2.87. The number of hydrogen-bond donors (Lipinski definition) is 1. The molecule has 0 aromatic rings. The summed E-state index contributed by atoms with van der Waals surface area (Å²) in [6.07, 6.45) is 6.49. The highest BCUT2D eigenvalue weighted by Crippen LogP contribution is 2.20. The lowest BCUT2D eigenvalue weighted by Crippen LogP contribution is -2.15. The zero-order chi connectivity index (χ0) is 8.20. The summed E-state index contributed by atoms with van der Waals surface area (Å²) in [6.45, 7) is 5.11. The average Bonchev–Trinajstić information content (AvgIpc) is 1.87. The van der Waals surface area contributed by atoms with Crippen molar-refractivity contribution in [3.05, 3.63) is 12.7 Å². The molecule has 0 spiro atoms. The Bertz CT molecular complexity index is 188. The number of rotatable bonds is 3. The number of carboxylic acids is 1. The fraction of sp³-hybridized carbons (Fsp3) is 0.375. The van der Waals surface area contributed by atoms with E-state index in [1.54, 1.807) is 6.92 Å². The average molecular weight is 138 g/mol. The minimum Gasteiger partial charge on any atom is -0.481 e. The minimum atomic E-state index is -0.902. The number of carboxylic acid groups (broad SMARTS) is 1. The third-order valence-electron chi connectivity index (χ3n) is 1.30. The largest absolute Gasteiger partial charge is 0.481 e. The molecule has 0 amide bonds. The molecule has 10 heavy (non-hydrogen) atoms. The first-order chi connectivity index (χ1) is 4.54. The Hall–Kier alpha value is -1.23. The molecule has 0 aliphatic carbocycles. The predicted octanol–water partition coefficient (Wildman–Crippen LogP) is 1.29. The molecule has 0 aromatic carbocycles. The van der Waals surface area contributed by atoms with Crippen LogP contribution in [0.15, 0.2) is 12.7 Å². The Labute approximate surface area is 60.6 Å². The van der Waals surface area contributed by atoms with Crippen LogP contribution >= 0.6 is 0 Å². The maximum absolute atomic E-state index is 10.2. The topological polar surface area (TPSA) is 37.3 Å². The smallest absolute Gasteiger partial charge is 0.305 e. The number of hydrogen-bond acceptors (Lipinski definition) is 1. The monoisotopic (exact) mass is 138 g/mol. The van der Waals surface area contributed by atoms with Crippen LogP contribution in [0.4, 0.5) is 0 Å². The van der Waals surface area contributed by atoms with E-state index in [-0.39, 0.29) is 6.42 Å². The van der Waals surface area contributed by atoms with E-state index in [1.807, 2.05) is 0 Å². The highest BCUT2D eigenvalue weighted by atomic mass is 16.4. The van der Waals surface area contributed by atoms with Crippen LogP contribution in [-0.2, 0) is 4.79 Å². The van der Waals surface area contributed by atoms with Crippen LogP contribution in [0.5, 0.6) is 0 Å². The van der Waals surface area contributed by atoms with Crippen molar-refractivity contribution < 1.29 is 9.90 Å². The lowest BCUT2D eigenvalue weighted by molar-refractivity contribution is -0.138. The predicted molar refractivity (Wildman–Crippen MR) is 39.4 cm³/mol. The van der Waals surface area contributed by atoms with Gasteiger partial charge in [0, 0.05) is 0 Å². The van der Waals surface area contributed by atoms with Gasteiger partial charge in [-0.15, -0.1) is 13.0 Å². The fourth-order valence-corrected chi connectivity index (χ4v) is 0.496. The third kappa shape index (κ3) is 2.36. The molecule has 0 heterocycles. The quantitative estimate of drug-likeness (QED) is 0.471. The molecule has 0 aliphatic heterocycles. The molecule has 0 saturated carbocycles. The molecule has 0 aromatic heterocycles. The SMILES string of the molecule is C#CC(C)(C=C)CC(=O)O. The van der Waals surface area contributed by atoms with Crippen molar-refractivity contribution in [3.8, 4) is 12.3 Å². The number of aliphatic carboxylic acids is 1. The lowest BCUT2D eigenvalue weighted by Gasteiger charge is -2.14. The van der Waals surface area contributed by atoms with Crippen molar-refractivity contribution in [3.63, 3.8) is 0 Å². The molecule has 0 fully saturated rings. The Kier molecular flexibility index (Phi) is 2.69. The first-order valence-electron chi connectivity index (χ1n) is 2.87. The second-order valence-electron chi connectivity index (χ2n) is 2.34. The van der Waals surface area contributed by atoms with E-state index < -0.39 is 11.4 Å². The van der Waals surface area contributed by atoms with E-state index in [2.05, 4.69) is 12.5 Å². The molecular formula is C8H10O2.